The zero-order valence-corrected chi connectivity index (χ0v) is 14.3. The van der Waals surface area contributed by atoms with E-state index in [0.717, 1.165) is 5.59 Å². The molecule has 0 spiro atoms. The van der Waals surface area contributed by atoms with E-state index >= 15 is 0 Å². The van der Waals surface area contributed by atoms with Gasteiger partial charge in [0.05, 0.1) is 0 Å². The van der Waals surface area contributed by atoms with Crippen molar-refractivity contribution in [3.05, 3.63) is 103 Å². The molecule has 3 heteroatoms. The molecule has 0 atom stereocenters. The molecule has 0 aliphatic carbocycles. The van der Waals surface area contributed by atoms with Crippen LogP contribution in [0.15, 0.2) is 103 Å². The summed E-state index contributed by atoms with van der Waals surface area (Å²) in [4.78, 5) is 7.11. The van der Waals surface area contributed by atoms with Gasteiger partial charge in [-0.25, -0.2) is 0 Å². The van der Waals surface area contributed by atoms with Crippen LogP contribution in [0, 0.1) is 0 Å². The van der Waals surface area contributed by atoms with E-state index in [1.165, 1.54) is 28.0 Å². The van der Waals surface area contributed by atoms with Crippen molar-refractivity contribution in [2.75, 3.05) is 4.81 Å². The van der Waals surface area contributed by atoms with Crippen LogP contribution in [0.4, 0.5) is 11.4 Å². The van der Waals surface area contributed by atoms with Crippen molar-refractivity contribution in [2.45, 2.75) is 0 Å². The lowest BCUT2D eigenvalue weighted by molar-refractivity contribution is 1.32. The average molecular weight is 332 g/mol. The van der Waals surface area contributed by atoms with Crippen molar-refractivity contribution >= 4 is 29.3 Å². The van der Waals surface area contributed by atoms with Crippen molar-refractivity contribution in [3.8, 4) is 11.1 Å². The smallest absolute Gasteiger partial charge is 0.348 e. The fourth-order valence-electron chi connectivity index (χ4n) is 3.88. The normalized spacial score (nSPS) is 12.5. The Morgan fingerprint density at radius 3 is 2.12 bits per heavy atom. The van der Waals surface area contributed by atoms with Gasteiger partial charge >= 0.3 is 6.85 Å². The Kier molecular flexibility index (Phi) is 3.57. The lowest BCUT2D eigenvalue weighted by Gasteiger charge is -2.38. The van der Waals surface area contributed by atoms with Gasteiger partial charge in [0, 0.05) is 28.7 Å². The Bertz CT molecular complexity index is 961. The summed E-state index contributed by atoms with van der Waals surface area (Å²) in [5.74, 6) is 0. The van der Waals surface area contributed by atoms with Gasteiger partial charge in [-0.15, -0.1) is 0 Å². The molecule has 0 radical (unpaired) electrons. The number of benzene rings is 3. The second-order valence-corrected chi connectivity index (χ2v) is 6.47. The summed E-state index contributed by atoms with van der Waals surface area (Å²) in [5.41, 5.74) is 7.27. The van der Waals surface area contributed by atoms with E-state index in [1.807, 2.05) is 12.3 Å². The highest BCUT2D eigenvalue weighted by Gasteiger charge is 2.37. The highest BCUT2D eigenvalue weighted by Crippen LogP contribution is 2.38. The summed E-state index contributed by atoms with van der Waals surface area (Å²) in [5, 5.41) is 0. The first-order valence-electron chi connectivity index (χ1n) is 8.87. The predicted molar refractivity (Wildman–Crippen MR) is 110 cm³/mol. The molecule has 26 heavy (non-hydrogen) atoms. The lowest BCUT2D eigenvalue weighted by atomic mass is 9.47. The molecule has 0 saturated heterocycles. The van der Waals surface area contributed by atoms with Crippen molar-refractivity contribution in [1.29, 1.82) is 0 Å². The molecule has 1 aliphatic rings. The average Bonchev–Trinajstić information content (AvgIpc) is 2.74. The van der Waals surface area contributed by atoms with Crippen LogP contribution in [0.25, 0.3) is 11.1 Å². The summed E-state index contributed by atoms with van der Waals surface area (Å²) in [7, 11) is 0. The summed E-state index contributed by atoms with van der Waals surface area (Å²) < 4.78 is 0. The number of nitrogens with zero attached hydrogens (tertiary/aromatic N) is 2. The van der Waals surface area contributed by atoms with E-state index in [-0.39, 0.29) is 6.85 Å². The molecule has 0 amide bonds. The molecule has 0 N–H and O–H groups in total. The number of fused-ring (bicyclic) bond motifs is 3. The predicted octanol–water partition coefficient (Wildman–Crippen LogP) is 4.01. The first-order valence-corrected chi connectivity index (χ1v) is 8.87. The molecule has 0 saturated carbocycles. The van der Waals surface area contributed by atoms with E-state index in [0.29, 0.717) is 0 Å². The minimum absolute atomic E-state index is 0.0460. The molecule has 0 fully saturated rings. The second kappa shape index (κ2) is 6.19. The number of aromatic nitrogens is 1. The van der Waals surface area contributed by atoms with Crippen LogP contribution in [0.2, 0.25) is 0 Å². The molecule has 0 unspecified atom stereocenters. The number of pyridine rings is 1. The van der Waals surface area contributed by atoms with Gasteiger partial charge in [-0.3, -0.25) is 4.98 Å². The Balaban J connectivity index is 1.83. The molecule has 2 heterocycles. The topological polar surface area (TPSA) is 16.1 Å². The van der Waals surface area contributed by atoms with Gasteiger partial charge in [-0.1, -0.05) is 66.7 Å². The highest BCUT2D eigenvalue weighted by molar-refractivity contribution is 6.90. The Labute approximate surface area is 153 Å². The van der Waals surface area contributed by atoms with Crippen molar-refractivity contribution in [2.24, 2.45) is 0 Å². The summed E-state index contributed by atoms with van der Waals surface area (Å²) in [6.45, 7) is 0.0460. The monoisotopic (exact) mass is 332 g/mol. The molecule has 5 rings (SSSR count). The first kappa shape index (κ1) is 15.0. The minimum atomic E-state index is 0.0460. The first-order chi connectivity index (χ1) is 12.9. The van der Waals surface area contributed by atoms with Crippen LogP contribution in [-0.4, -0.2) is 11.8 Å². The SMILES string of the molecule is c1ccc(N2B(c3ccccn3)c3ccccc3-c3ccccc32)cc1. The quantitative estimate of drug-likeness (QED) is 0.516. The van der Waals surface area contributed by atoms with Crippen molar-refractivity contribution in [1.82, 2.24) is 4.98 Å². The third-order valence-corrected chi connectivity index (χ3v) is 4.97. The van der Waals surface area contributed by atoms with Gasteiger partial charge in [-0.05, 0) is 41.4 Å². The Morgan fingerprint density at radius 1 is 0.615 bits per heavy atom. The number of anilines is 2. The van der Waals surface area contributed by atoms with Gasteiger partial charge in [0.15, 0.2) is 0 Å². The number of hydrogen-bond donors (Lipinski definition) is 0. The van der Waals surface area contributed by atoms with Crippen LogP contribution in [0.1, 0.15) is 0 Å². The van der Waals surface area contributed by atoms with Crippen LogP contribution in [0.5, 0.6) is 0 Å². The third-order valence-electron chi connectivity index (χ3n) is 4.97. The van der Waals surface area contributed by atoms with Crippen molar-refractivity contribution < 1.29 is 0 Å². The molecule has 2 nitrogen and oxygen atoms in total. The van der Waals surface area contributed by atoms with Crippen LogP contribution >= 0.6 is 0 Å². The fraction of sp³-hybridized carbons (Fsp3) is 0. The minimum Gasteiger partial charge on any atom is -0.375 e. The summed E-state index contributed by atoms with van der Waals surface area (Å²) in [6, 6.07) is 34.0. The largest absolute Gasteiger partial charge is 0.375 e. The van der Waals surface area contributed by atoms with Gasteiger partial charge in [0.2, 0.25) is 0 Å². The molecule has 1 aliphatic heterocycles. The van der Waals surface area contributed by atoms with Gasteiger partial charge < -0.3 is 4.81 Å². The van der Waals surface area contributed by atoms with Crippen LogP contribution in [0.3, 0.4) is 0 Å². The maximum Gasteiger partial charge on any atom is 0.348 e. The van der Waals surface area contributed by atoms with Gasteiger partial charge in [0.25, 0.3) is 0 Å². The zero-order valence-electron chi connectivity index (χ0n) is 14.3. The van der Waals surface area contributed by atoms with E-state index in [2.05, 4.69) is 95.8 Å². The van der Waals surface area contributed by atoms with E-state index in [9.17, 15) is 0 Å². The highest BCUT2D eigenvalue weighted by atomic mass is 15.1. The van der Waals surface area contributed by atoms with E-state index < -0.39 is 0 Å². The fourth-order valence-corrected chi connectivity index (χ4v) is 3.88. The standard InChI is InChI=1S/C23H17BN2/c1-2-10-18(11-3-1)26-22-15-7-5-13-20(22)19-12-4-6-14-21(19)24(26)23-16-8-9-17-25-23/h1-17H. The lowest BCUT2D eigenvalue weighted by Crippen LogP contribution is -2.58. The van der Waals surface area contributed by atoms with Gasteiger partial charge in [0.1, 0.15) is 0 Å². The summed E-state index contributed by atoms with van der Waals surface area (Å²) >= 11 is 0. The molecule has 3 aromatic carbocycles. The Hall–Kier alpha value is -3.33. The molecule has 0 bridgehead atoms. The molecule has 1 aromatic heterocycles. The van der Waals surface area contributed by atoms with Crippen LogP contribution < -0.4 is 15.9 Å². The van der Waals surface area contributed by atoms with Crippen LogP contribution in [-0.2, 0) is 0 Å². The number of hydrogen-bond acceptors (Lipinski definition) is 2. The molecular weight excluding hydrogens is 315 g/mol. The molecule has 122 valence electrons. The zero-order chi connectivity index (χ0) is 17.3. The van der Waals surface area contributed by atoms with E-state index in [1.54, 1.807) is 0 Å². The maximum atomic E-state index is 4.71. The summed E-state index contributed by atoms with van der Waals surface area (Å²) in [6.07, 6.45) is 1.88. The van der Waals surface area contributed by atoms with Crippen molar-refractivity contribution in [3.63, 3.8) is 0 Å². The maximum absolute atomic E-state index is 4.71. The Morgan fingerprint density at radius 2 is 1.31 bits per heavy atom. The number of rotatable bonds is 2. The second-order valence-electron chi connectivity index (χ2n) is 6.47. The van der Waals surface area contributed by atoms with Gasteiger partial charge in [-0.2, -0.15) is 0 Å². The molecular formula is C23H17BN2. The number of para-hydroxylation sites is 2. The molecule has 4 aromatic rings. The third kappa shape index (κ3) is 2.32. The van der Waals surface area contributed by atoms with E-state index in [4.69, 9.17) is 4.98 Å².